The van der Waals surface area contributed by atoms with Gasteiger partial charge in [0.05, 0.1) is 11.6 Å². The minimum Gasteiger partial charge on any atom is -0.348 e. The third kappa shape index (κ3) is 3.05. The largest absolute Gasteiger partial charge is 0.348 e. The van der Waals surface area contributed by atoms with Crippen molar-refractivity contribution < 1.29 is 4.79 Å². The molecule has 1 atom stereocenters. The van der Waals surface area contributed by atoms with Gasteiger partial charge in [-0.05, 0) is 37.8 Å². The van der Waals surface area contributed by atoms with Gasteiger partial charge in [0.25, 0.3) is 0 Å². The van der Waals surface area contributed by atoms with Crippen molar-refractivity contribution in [2.75, 3.05) is 0 Å². The molecule has 0 bridgehead atoms. The summed E-state index contributed by atoms with van der Waals surface area (Å²) in [5.74, 6) is -0.0352. The highest BCUT2D eigenvalue weighted by Crippen LogP contribution is 2.30. The summed E-state index contributed by atoms with van der Waals surface area (Å²) in [4.78, 5) is 12.0. The van der Waals surface area contributed by atoms with Crippen LogP contribution in [0.5, 0.6) is 0 Å². The van der Waals surface area contributed by atoms with Crippen LogP contribution in [0.1, 0.15) is 37.8 Å². The van der Waals surface area contributed by atoms with Crippen molar-refractivity contribution in [1.82, 2.24) is 5.32 Å². The molecule has 3 nitrogen and oxygen atoms in total. The molecule has 0 spiro atoms. The lowest BCUT2D eigenvalue weighted by Crippen LogP contribution is -2.58. The van der Waals surface area contributed by atoms with Crippen molar-refractivity contribution >= 4 is 34.2 Å². The Kier molecular flexibility index (Phi) is 5.20. The van der Waals surface area contributed by atoms with Gasteiger partial charge in [0.15, 0.2) is 0 Å². The second-order valence-electron chi connectivity index (χ2n) is 4.73. The van der Waals surface area contributed by atoms with Crippen LogP contribution in [0.4, 0.5) is 0 Å². The van der Waals surface area contributed by atoms with Crippen molar-refractivity contribution in [3.8, 4) is 0 Å². The van der Waals surface area contributed by atoms with E-state index in [0.29, 0.717) is 0 Å². The van der Waals surface area contributed by atoms with Crippen LogP contribution in [0.25, 0.3) is 0 Å². The van der Waals surface area contributed by atoms with E-state index in [1.54, 1.807) is 0 Å². The van der Waals surface area contributed by atoms with E-state index in [-0.39, 0.29) is 24.4 Å². The van der Waals surface area contributed by atoms with E-state index in [1.807, 2.05) is 31.2 Å². The second-order valence-corrected chi connectivity index (χ2v) is 5.58. The maximum atomic E-state index is 12.0. The van der Waals surface area contributed by atoms with Gasteiger partial charge in [-0.1, -0.05) is 34.1 Å². The molecular formula is C13H18BrClN2O. The summed E-state index contributed by atoms with van der Waals surface area (Å²) < 4.78 is 1.01. The number of hydrogen-bond donors (Lipinski definition) is 2. The number of amides is 1. The number of carbonyl (C=O) groups is 1. The Hall–Kier alpha value is -0.580. The summed E-state index contributed by atoms with van der Waals surface area (Å²) in [6, 6.07) is 7.86. The summed E-state index contributed by atoms with van der Waals surface area (Å²) in [7, 11) is 0. The van der Waals surface area contributed by atoms with E-state index in [2.05, 4.69) is 21.2 Å². The molecule has 1 aromatic carbocycles. The fraction of sp³-hybridized carbons (Fsp3) is 0.462. The van der Waals surface area contributed by atoms with Gasteiger partial charge in [0, 0.05) is 4.47 Å². The zero-order valence-electron chi connectivity index (χ0n) is 10.3. The fourth-order valence-electron chi connectivity index (χ4n) is 2.03. The highest BCUT2D eigenvalue weighted by atomic mass is 79.9. The molecule has 1 amide bonds. The van der Waals surface area contributed by atoms with Crippen molar-refractivity contribution in [3.63, 3.8) is 0 Å². The van der Waals surface area contributed by atoms with Crippen LogP contribution in [-0.4, -0.2) is 11.4 Å². The molecule has 2 rings (SSSR count). The molecule has 0 heterocycles. The average molecular weight is 334 g/mol. The van der Waals surface area contributed by atoms with E-state index in [0.717, 1.165) is 29.3 Å². The minimum absolute atomic E-state index is 0. The Morgan fingerprint density at radius 2 is 2.06 bits per heavy atom. The maximum Gasteiger partial charge on any atom is 0.240 e. The smallest absolute Gasteiger partial charge is 0.240 e. The molecular weight excluding hydrogens is 316 g/mol. The van der Waals surface area contributed by atoms with E-state index in [9.17, 15) is 4.79 Å². The van der Waals surface area contributed by atoms with Gasteiger partial charge in [0.1, 0.15) is 0 Å². The van der Waals surface area contributed by atoms with Gasteiger partial charge in [-0.25, -0.2) is 0 Å². The monoisotopic (exact) mass is 332 g/mol. The number of nitrogens with one attached hydrogen (secondary N) is 1. The highest BCUT2D eigenvalue weighted by molar-refractivity contribution is 9.10. The number of nitrogens with two attached hydrogens (primary N) is 1. The molecule has 18 heavy (non-hydrogen) atoms. The van der Waals surface area contributed by atoms with Crippen LogP contribution in [0.2, 0.25) is 0 Å². The number of hydrogen-bond acceptors (Lipinski definition) is 2. The molecule has 1 unspecified atom stereocenters. The maximum absolute atomic E-state index is 12.0. The Morgan fingerprint density at radius 3 is 2.56 bits per heavy atom. The molecule has 100 valence electrons. The number of rotatable bonds is 3. The lowest BCUT2D eigenvalue weighted by Gasteiger charge is -2.37. The Morgan fingerprint density at radius 1 is 1.44 bits per heavy atom. The van der Waals surface area contributed by atoms with E-state index in [1.165, 1.54) is 0 Å². The lowest BCUT2D eigenvalue weighted by molar-refractivity contribution is -0.129. The first-order valence-electron chi connectivity index (χ1n) is 5.87. The van der Waals surface area contributed by atoms with Crippen LogP contribution in [0.3, 0.4) is 0 Å². The van der Waals surface area contributed by atoms with Crippen molar-refractivity contribution in [2.24, 2.45) is 5.73 Å². The first-order valence-corrected chi connectivity index (χ1v) is 6.66. The molecule has 5 heteroatoms. The zero-order valence-corrected chi connectivity index (χ0v) is 12.7. The Labute approximate surface area is 122 Å². The van der Waals surface area contributed by atoms with Crippen LogP contribution < -0.4 is 11.1 Å². The first kappa shape index (κ1) is 15.5. The number of benzene rings is 1. The average Bonchev–Trinajstić information content (AvgIpc) is 2.26. The van der Waals surface area contributed by atoms with E-state index >= 15 is 0 Å². The number of halogens is 2. The molecule has 0 saturated heterocycles. The third-order valence-corrected chi connectivity index (χ3v) is 4.14. The first-order chi connectivity index (χ1) is 8.03. The van der Waals surface area contributed by atoms with E-state index < -0.39 is 5.54 Å². The van der Waals surface area contributed by atoms with Crippen LogP contribution >= 0.6 is 28.3 Å². The molecule has 1 fully saturated rings. The topological polar surface area (TPSA) is 55.1 Å². The molecule has 1 aromatic rings. The van der Waals surface area contributed by atoms with Gasteiger partial charge in [-0.2, -0.15) is 0 Å². The quantitative estimate of drug-likeness (QED) is 0.893. The zero-order chi connectivity index (χ0) is 12.5. The standard InChI is InChI=1S/C13H17BrN2O.ClH/c1-9(10-5-2-3-6-11(10)14)16-12(17)13(15)7-4-8-13;/h2-3,5-6,9H,4,7-8,15H2,1H3,(H,16,17);1H. The molecule has 1 aliphatic carbocycles. The Balaban J connectivity index is 0.00000162. The molecule has 0 aliphatic heterocycles. The molecule has 0 aromatic heterocycles. The summed E-state index contributed by atoms with van der Waals surface area (Å²) in [6.45, 7) is 1.97. The lowest BCUT2D eigenvalue weighted by atomic mass is 9.77. The van der Waals surface area contributed by atoms with Crippen LogP contribution in [0, 0.1) is 0 Å². The van der Waals surface area contributed by atoms with Gasteiger partial charge in [-0.3, -0.25) is 4.79 Å². The Bertz CT molecular complexity index is 435. The normalized spacial score (nSPS) is 18.2. The fourth-order valence-corrected chi connectivity index (χ4v) is 2.66. The third-order valence-electron chi connectivity index (χ3n) is 3.42. The van der Waals surface area contributed by atoms with Crippen LogP contribution in [0.15, 0.2) is 28.7 Å². The summed E-state index contributed by atoms with van der Waals surface area (Å²) in [5.41, 5.74) is 6.43. The van der Waals surface area contributed by atoms with Gasteiger partial charge >= 0.3 is 0 Å². The predicted molar refractivity (Wildman–Crippen MR) is 78.7 cm³/mol. The minimum atomic E-state index is -0.629. The summed E-state index contributed by atoms with van der Waals surface area (Å²) in [5, 5.41) is 2.99. The summed E-state index contributed by atoms with van der Waals surface area (Å²) >= 11 is 3.49. The van der Waals surface area contributed by atoms with Gasteiger partial charge in [0.2, 0.25) is 5.91 Å². The van der Waals surface area contributed by atoms with E-state index in [4.69, 9.17) is 5.73 Å². The van der Waals surface area contributed by atoms with Crippen molar-refractivity contribution in [2.45, 2.75) is 37.8 Å². The predicted octanol–water partition coefficient (Wildman–Crippen LogP) is 2.93. The second kappa shape index (κ2) is 6.04. The van der Waals surface area contributed by atoms with Crippen molar-refractivity contribution in [3.05, 3.63) is 34.3 Å². The molecule has 1 saturated carbocycles. The van der Waals surface area contributed by atoms with Gasteiger partial charge < -0.3 is 11.1 Å². The SMILES string of the molecule is CC(NC(=O)C1(N)CCC1)c1ccccc1Br.Cl. The van der Waals surface area contributed by atoms with Crippen LogP contribution in [-0.2, 0) is 4.79 Å². The van der Waals surface area contributed by atoms with Crippen molar-refractivity contribution in [1.29, 1.82) is 0 Å². The summed E-state index contributed by atoms with van der Waals surface area (Å²) in [6.07, 6.45) is 2.64. The molecule has 1 aliphatic rings. The highest BCUT2D eigenvalue weighted by Gasteiger charge is 2.40. The molecule has 0 radical (unpaired) electrons. The number of carbonyl (C=O) groups excluding carboxylic acids is 1. The molecule has 3 N–H and O–H groups in total. The van der Waals surface area contributed by atoms with Gasteiger partial charge in [-0.15, -0.1) is 12.4 Å².